The van der Waals surface area contributed by atoms with E-state index in [4.69, 9.17) is 5.73 Å². The van der Waals surface area contributed by atoms with E-state index in [0.717, 1.165) is 43.0 Å². The van der Waals surface area contributed by atoms with Gasteiger partial charge in [-0.05, 0) is 38.7 Å². The maximum atomic E-state index is 5.92. The van der Waals surface area contributed by atoms with Gasteiger partial charge in [0.15, 0.2) is 5.82 Å². The molecule has 2 aromatic heterocycles. The molecule has 2 heterocycles. The molecule has 1 fully saturated rings. The van der Waals surface area contributed by atoms with Crippen LogP contribution in [0, 0.1) is 6.92 Å². The van der Waals surface area contributed by atoms with Crippen LogP contribution in [0.5, 0.6) is 0 Å². The first-order chi connectivity index (χ1) is 10.2. The van der Waals surface area contributed by atoms with Gasteiger partial charge in [-0.2, -0.15) is 10.1 Å². The third-order valence-electron chi connectivity index (χ3n) is 3.72. The van der Waals surface area contributed by atoms with Crippen molar-refractivity contribution in [1.82, 2.24) is 20.2 Å². The third kappa shape index (κ3) is 3.69. The first-order valence-electron chi connectivity index (χ1n) is 7.33. The van der Waals surface area contributed by atoms with Gasteiger partial charge in [0.1, 0.15) is 5.82 Å². The van der Waals surface area contributed by atoms with E-state index >= 15 is 0 Å². The predicted molar refractivity (Wildman–Crippen MR) is 82.5 cm³/mol. The number of aromatic amines is 1. The molecule has 1 aliphatic carbocycles. The Hall–Kier alpha value is -2.15. The van der Waals surface area contributed by atoms with E-state index in [2.05, 4.69) is 30.8 Å². The Morgan fingerprint density at radius 2 is 2.05 bits per heavy atom. The highest BCUT2D eigenvalue weighted by atomic mass is 15.2. The monoisotopic (exact) mass is 287 g/mol. The Kier molecular flexibility index (Phi) is 4.01. The van der Waals surface area contributed by atoms with E-state index in [0.29, 0.717) is 18.0 Å². The molecule has 1 aliphatic rings. The number of nitrogens with zero attached hydrogens (tertiary/aromatic N) is 3. The molecule has 7 heteroatoms. The van der Waals surface area contributed by atoms with Crippen LogP contribution in [0.3, 0.4) is 0 Å². The van der Waals surface area contributed by atoms with Crippen LogP contribution in [-0.2, 0) is 0 Å². The molecular weight excluding hydrogens is 266 g/mol. The minimum Gasteiger partial charge on any atom is -0.351 e. The fraction of sp³-hybridized carbons (Fsp3) is 0.500. The van der Waals surface area contributed by atoms with Crippen LogP contribution in [0.2, 0.25) is 0 Å². The van der Waals surface area contributed by atoms with E-state index in [1.807, 2.05) is 19.1 Å². The molecule has 0 atom stereocenters. The van der Waals surface area contributed by atoms with Crippen LogP contribution in [0.15, 0.2) is 18.3 Å². The van der Waals surface area contributed by atoms with Gasteiger partial charge in [0.2, 0.25) is 5.95 Å². The average molecular weight is 287 g/mol. The van der Waals surface area contributed by atoms with E-state index in [1.165, 1.54) is 0 Å². The van der Waals surface area contributed by atoms with Crippen molar-refractivity contribution in [2.24, 2.45) is 5.73 Å². The van der Waals surface area contributed by atoms with Crippen molar-refractivity contribution < 1.29 is 0 Å². The van der Waals surface area contributed by atoms with Crippen molar-refractivity contribution in [3.05, 3.63) is 24.0 Å². The number of hydrogen-bond donors (Lipinski definition) is 4. The van der Waals surface area contributed by atoms with Crippen LogP contribution in [0.4, 0.5) is 17.6 Å². The Balaban J connectivity index is 1.63. The zero-order valence-electron chi connectivity index (χ0n) is 12.1. The number of aromatic nitrogens is 4. The summed E-state index contributed by atoms with van der Waals surface area (Å²) in [5, 5.41) is 13.6. The number of anilines is 3. The van der Waals surface area contributed by atoms with E-state index < -0.39 is 0 Å². The smallest absolute Gasteiger partial charge is 0.224 e. The largest absolute Gasteiger partial charge is 0.351 e. The number of rotatable bonds is 4. The second-order valence-corrected chi connectivity index (χ2v) is 5.58. The molecular formula is C14H21N7. The maximum Gasteiger partial charge on any atom is 0.224 e. The highest BCUT2D eigenvalue weighted by molar-refractivity contribution is 5.52. The zero-order valence-corrected chi connectivity index (χ0v) is 12.1. The topological polar surface area (TPSA) is 105 Å². The zero-order chi connectivity index (χ0) is 14.7. The van der Waals surface area contributed by atoms with Gasteiger partial charge in [-0.3, -0.25) is 5.10 Å². The molecule has 0 aromatic carbocycles. The van der Waals surface area contributed by atoms with Gasteiger partial charge in [-0.1, -0.05) is 0 Å². The number of aryl methyl sites for hydroxylation is 1. The molecule has 21 heavy (non-hydrogen) atoms. The molecule has 1 saturated carbocycles. The summed E-state index contributed by atoms with van der Waals surface area (Å²) in [4.78, 5) is 8.75. The standard InChI is InChI=1S/C14H21N7/c1-9-8-13(21-20-9)18-12-6-7-16-14(19-12)17-11-4-2-10(15)3-5-11/h6-8,10-11H,2-5,15H2,1H3,(H3,16,17,18,19,20,21)/t10-,11-. The van der Waals surface area contributed by atoms with Crippen LogP contribution in [-0.4, -0.2) is 32.2 Å². The van der Waals surface area contributed by atoms with Crippen LogP contribution in [0.25, 0.3) is 0 Å². The first kappa shape index (κ1) is 13.8. The third-order valence-corrected chi connectivity index (χ3v) is 3.72. The normalized spacial score (nSPS) is 22.0. The van der Waals surface area contributed by atoms with Gasteiger partial charge in [-0.15, -0.1) is 0 Å². The second kappa shape index (κ2) is 6.09. The van der Waals surface area contributed by atoms with Crippen molar-refractivity contribution >= 4 is 17.6 Å². The van der Waals surface area contributed by atoms with Gasteiger partial charge in [0.05, 0.1) is 0 Å². The molecule has 0 saturated heterocycles. The summed E-state index contributed by atoms with van der Waals surface area (Å²) in [6.07, 6.45) is 6.00. The molecule has 0 bridgehead atoms. The second-order valence-electron chi connectivity index (χ2n) is 5.58. The lowest BCUT2D eigenvalue weighted by Gasteiger charge is -2.26. The lowest BCUT2D eigenvalue weighted by Crippen LogP contribution is -2.33. The van der Waals surface area contributed by atoms with Crippen molar-refractivity contribution in [3.63, 3.8) is 0 Å². The van der Waals surface area contributed by atoms with Gasteiger partial charge < -0.3 is 16.4 Å². The summed E-state index contributed by atoms with van der Waals surface area (Å²) < 4.78 is 0. The Bertz CT molecular complexity index is 587. The highest BCUT2D eigenvalue weighted by Gasteiger charge is 2.18. The van der Waals surface area contributed by atoms with Crippen molar-refractivity contribution in [1.29, 1.82) is 0 Å². The molecule has 112 valence electrons. The molecule has 0 aliphatic heterocycles. The average Bonchev–Trinajstić information content (AvgIpc) is 2.87. The minimum absolute atomic E-state index is 0.347. The van der Waals surface area contributed by atoms with Crippen molar-refractivity contribution in [2.45, 2.75) is 44.7 Å². The van der Waals surface area contributed by atoms with E-state index in [1.54, 1.807) is 6.20 Å². The summed E-state index contributed by atoms with van der Waals surface area (Å²) in [5.41, 5.74) is 6.93. The summed E-state index contributed by atoms with van der Waals surface area (Å²) in [6.45, 7) is 1.96. The Morgan fingerprint density at radius 3 is 2.76 bits per heavy atom. The summed E-state index contributed by atoms with van der Waals surface area (Å²) in [7, 11) is 0. The van der Waals surface area contributed by atoms with E-state index in [9.17, 15) is 0 Å². The van der Waals surface area contributed by atoms with Crippen LogP contribution >= 0.6 is 0 Å². The Labute approximate surface area is 123 Å². The number of hydrogen-bond acceptors (Lipinski definition) is 6. The maximum absolute atomic E-state index is 5.92. The molecule has 2 aromatic rings. The molecule has 0 radical (unpaired) electrons. The lowest BCUT2D eigenvalue weighted by molar-refractivity contribution is 0.410. The van der Waals surface area contributed by atoms with Gasteiger partial charge >= 0.3 is 0 Å². The predicted octanol–water partition coefficient (Wildman–Crippen LogP) is 1.93. The first-order valence-corrected chi connectivity index (χ1v) is 7.33. The fourth-order valence-electron chi connectivity index (χ4n) is 2.56. The van der Waals surface area contributed by atoms with Gasteiger partial charge in [0, 0.05) is 30.0 Å². The lowest BCUT2D eigenvalue weighted by atomic mass is 9.92. The molecule has 3 rings (SSSR count). The van der Waals surface area contributed by atoms with Crippen molar-refractivity contribution in [2.75, 3.05) is 10.6 Å². The number of H-pyrrole nitrogens is 1. The molecule has 0 amide bonds. The fourth-order valence-corrected chi connectivity index (χ4v) is 2.56. The van der Waals surface area contributed by atoms with Crippen LogP contribution < -0.4 is 16.4 Å². The molecule has 0 unspecified atom stereocenters. The van der Waals surface area contributed by atoms with Crippen molar-refractivity contribution in [3.8, 4) is 0 Å². The minimum atomic E-state index is 0.347. The highest BCUT2D eigenvalue weighted by Crippen LogP contribution is 2.20. The summed E-state index contributed by atoms with van der Waals surface area (Å²) in [6, 6.07) is 4.51. The molecule has 7 nitrogen and oxygen atoms in total. The van der Waals surface area contributed by atoms with Gasteiger partial charge in [-0.25, -0.2) is 4.98 Å². The molecule has 0 spiro atoms. The Morgan fingerprint density at radius 1 is 1.24 bits per heavy atom. The summed E-state index contributed by atoms with van der Waals surface area (Å²) in [5.74, 6) is 2.13. The molecule has 5 N–H and O–H groups in total. The SMILES string of the molecule is Cc1cc(Nc2ccnc(N[C@H]3CC[C@H](N)CC3)n2)n[nH]1. The number of nitrogens with one attached hydrogen (secondary N) is 3. The van der Waals surface area contributed by atoms with E-state index in [-0.39, 0.29) is 0 Å². The van der Waals surface area contributed by atoms with Gasteiger partial charge in [0.25, 0.3) is 0 Å². The quantitative estimate of drug-likeness (QED) is 0.685. The number of nitrogens with two attached hydrogens (primary N) is 1. The summed E-state index contributed by atoms with van der Waals surface area (Å²) >= 11 is 0. The van der Waals surface area contributed by atoms with Crippen LogP contribution in [0.1, 0.15) is 31.4 Å².